The molecule has 0 spiro atoms. The first kappa shape index (κ1) is 11.6. The zero-order valence-corrected chi connectivity index (χ0v) is 10.5. The fourth-order valence-electron chi connectivity index (χ4n) is 1.73. The molecule has 0 aliphatic heterocycles. The van der Waals surface area contributed by atoms with Gasteiger partial charge in [0, 0.05) is 0 Å². The molecular weight excluding hydrogens is 234 g/mol. The van der Waals surface area contributed by atoms with Crippen LogP contribution in [0.4, 0.5) is 0 Å². The molecule has 0 aliphatic rings. The van der Waals surface area contributed by atoms with Crippen LogP contribution in [0.25, 0.3) is 0 Å². The van der Waals surface area contributed by atoms with E-state index in [4.69, 9.17) is 0 Å². The quantitative estimate of drug-likeness (QED) is 0.781. The standard InChI is InChI=1S/C13H13NS2/c15-14(16)13(11-7-3-1-4-8-11)12-9-5-2-6-10-12/h1-10,13,15-16H. The molecular formula is C13H13NS2. The molecule has 3 heteroatoms. The van der Waals surface area contributed by atoms with Crippen molar-refractivity contribution in [1.29, 1.82) is 0 Å². The maximum atomic E-state index is 4.31. The van der Waals surface area contributed by atoms with Crippen LogP contribution in [0, 0.1) is 0 Å². The van der Waals surface area contributed by atoms with Gasteiger partial charge in [-0.3, -0.25) is 0 Å². The summed E-state index contributed by atoms with van der Waals surface area (Å²) in [7, 11) is 0. The van der Waals surface area contributed by atoms with E-state index in [9.17, 15) is 0 Å². The molecule has 2 rings (SSSR count). The largest absolute Gasteiger partial charge is 0.188 e. The average molecular weight is 247 g/mol. The van der Waals surface area contributed by atoms with E-state index in [1.54, 1.807) is 3.71 Å². The van der Waals surface area contributed by atoms with E-state index in [-0.39, 0.29) is 6.04 Å². The Balaban J connectivity index is 2.40. The van der Waals surface area contributed by atoms with Gasteiger partial charge in [0.15, 0.2) is 0 Å². The summed E-state index contributed by atoms with van der Waals surface area (Å²) in [6.45, 7) is 0. The highest BCUT2D eigenvalue weighted by Gasteiger charge is 2.16. The van der Waals surface area contributed by atoms with E-state index in [0.717, 1.165) is 0 Å². The van der Waals surface area contributed by atoms with E-state index in [1.165, 1.54) is 11.1 Å². The highest BCUT2D eigenvalue weighted by atomic mass is 32.2. The predicted molar refractivity (Wildman–Crippen MR) is 74.5 cm³/mol. The summed E-state index contributed by atoms with van der Waals surface area (Å²) in [6.07, 6.45) is 0. The van der Waals surface area contributed by atoms with Crippen LogP contribution in [0.3, 0.4) is 0 Å². The van der Waals surface area contributed by atoms with Gasteiger partial charge in [-0.15, -0.1) is 0 Å². The Hall–Kier alpha value is -0.900. The second-order valence-electron chi connectivity index (χ2n) is 3.54. The molecule has 82 valence electrons. The van der Waals surface area contributed by atoms with Gasteiger partial charge in [-0.25, -0.2) is 0 Å². The van der Waals surface area contributed by atoms with Crippen molar-refractivity contribution < 1.29 is 0 Å². The zero-order chi connectivity index (χ0) is 11.4. The van der Waals surface area contributed by atoms with Crippen molar-refractivity contribution in [2.45, 2.75) is 6.04 Å². The maximum absolute atomic E-state index is 4.31. The lowest BCUT2D eigenvalue weighted by atomic mass is 10.00. The fourth-order valence-corrected chi connectivity index (χ4v) is 2.26. The van der Waals surface area contributed by atoms with Gasteiger partial charge in [-0.1, -0.05) is 86.3 Å². The lowest BCUT2D eigenvalue weighted by Gasteiger charge is -2.22. The Morgan fingerprint density at radius 2 is 1.06 bits per heavy atom. The Labute approximate surface area is 107 Å². The molecule has 0 unspecified atom stereocenters. The fraction of sp³-hybridized carbons (Fsp3) is 0.0769. The van der Waals surface area contributed by atoms with E-state index < -0.39 is 0 Å². The van der Waals surface area contributed by atoms with Crippen LogP contribution in [0.2, 0.25) is 0 Å². The monoisotopic (exact) mass is 247 g/mol. The van der Waals surface area contributed by atoms with Gasteiger partial charge in [0.05, 0.1) is 6.04 Å². The minimum atomic E-state index is 0.0640. The molecule has 0 aromatic heterocycles. The van der Waals surface area contributed by atoms with Gasteiger partial charge in [-0.05, 0) is 11.1 Å². The van der Waals surface area contributed by atoms with Crippen molar-refractivity contribution in [2.24, 2.45) is 0 Å². The highest BCUT2D eigenvalue weighted by molar-refractivity contribution is 7.93. The van der Waals surface area contributed by atoms with Crippen molar-refractivity contribution in [3.05, 3.63) is 71.8 Å². The Morgan fingerprint density at radius 1 is 0.688 bits per heavy atom. The highest BCUT2D eigenvalue weighted by Crippen LogP contribution is 2.30. The molecule has 0 saturated carbocycles. The minimum absolute atomic E-state index is 0.0640. The van der Waals surface area contributed by atoms with Gasteiger partial charge >= 0.3 is 0 Å². The summed E-state index contributed by atoms with van der Waals surface area (Å²) >= 11 is 8.63. The number of hydrogen-bond acceptors (Lipinski definition) is 3. The van der Waals surface area contributed by atoms with Crippen molar-refractivity contribution in [3.8, 4) is 0 Å². The third kappa shape index (κ3) is 2.61. The lowest BCUT2D eigenvalue weighted by molar-refractivity contribution is 0.634. The van der Waals surface area contributed by atoms with Crippen molar-refractivity contribution in [2.75, 3.05) is 0 Å². The number of benzene rings is 2. The first-order valence-corrected chi connectivity index (χ1v) is 5.86. The number of rotatable bonds is 3. The summed E-state index contributed by atoms with van der Waals surface area (Å²) in [5, 5.41) is 0. The Morgan fingerprint density at radius 3 is 1.38 bits per heavy atom. The van der Waals surface area contributed by atoms with E-state index >= 15 is 0 Å². The Kier molecular flexibility index (Phi) is 3.93. The van der Waals surface area contributed by atoms with Crippen molar-refractivity contribution in [3.63, 3.8) is 0 Å². The van der Waals surface area contributed by atoms with Gasteiger partial charge in [0.1, 0.15) is 0 Å². The first-order valence-electron chi connectivity index (χ1n) is 5.06. The second-order valence-corrected chi connectivity index (χ2v) is 4.72. The average Bonchev–Trinajstić information content (AvgIpc) is 2.31. The van der Waals surface area contributed by atoms with Crippen LogP contribution >= 0.6 is 25.6 Å². The molecule has 0 radical (unpaired) electrons. The van der Waals surface area contributed by atoms with Gasteiger partial charge < -0.3 is 0 Å². The third-order valence-electron chi connectivity index (χ3n) is 2.46. The van der Waals surface area contributed by atoms with Crippen LogP contribution in [0.1, 0.15) is 17.2 Å². The lowest BCUT2D eigenvalue weighted by Crippen LogP contribution is -2.11. The molecule has 2 aromatic rings. The zero-order valence-electron chi connectivity index (χ0n) is 8.69. The molecule has 16 heavy (non-hydrogen) atoms. The molecule has 0 amide bonds. The summed E-state index contributed by atoms with van der Waals surface area (Å²) < 4.78 is 1.63. The number of hydrogen-bond donors (Lipinski definition) is 2. The smallest absolute Gasteiger partial charge is 0.0809 e. The van der Waals surface area contributed by atoms with Crippen LogP contribution in [0.5, 0.6) is 0 Å². The molecule has 0 saturated heterocycles. The van der Waals surface area contributed by atoms with E-state index in [2.05, 4.69) is 49.9 Å². The molecule has 2 aromatic carbocycles. The maximum Gasteiger partial charge on any atom is 0.0809 e. The molecule has 0 fully saturated rings. The molecule has 0 aliphatic carbocycles. The minimum Gasteiger partial charge on any atom is -0.188 e. The Bertz CT molecular complexity index is 389. The summed E-state index contributed by atoms with van der Waals surface area (Å²) in [4.78, 5) is 0. The molecule has 0 bridgehead atoms. The van der Waals surface area contributed by atoms with Crippen LogP contribution in [-0.2, 0) is 0 Å². The predicted octanol–water partition coefficient (Wildman–Crippen LogP) is 3.77. The first-order chi connectivity index (χ1) is 7.79. The topological polar surface area (TPSA) is 3.24 Å². The van der Waals surface area contributed by atoms with E-state index in [0.29, 0.717) is 0 Å². The van der Waals surface area contributed by atoms with Gasteiger partial charge in [0.2, 0.25) is 0 Å². The molecule has 0 atom stereocenters. The van der Waals surface area contributed by atoms with Gasteiger partial charge in [0.25, 0.3) is 0 Å². The molecule has 0 N–H and O–H groups in total. The van der Waals surface area contributed by atoms with Gasteiger partial charge in [-0.2, -0.15) is 3.71 Å². The van der Waals surface area contributed by atoms with Crippen LogP contribution in [-0.4, -0.2) is 3.71 Å². The third-order valence-corrected chi connectivity index (χ3v) is 2.92. The molecule has 1 nitrogen and oxygen atoms in total. The van der Waals surface area contributed by atoms with Crippen molar-refractivity contribution in [1.82, 2.24) is 3.71 Å². The SMILES string of the molecule is SN(S)C(c1ccccc1)c1ccccc1. The van der Waals surface area contributed by atoms with E-state index in [1.807, 2.05) is 36.4 Å². The summed E-state index contributed by atoms with van der Waals surface area (Å²) in [6, 6.07) is 20.5. The normalized spacial score (nSPS) is 11.0. The number of thiol groups is 2. The summed E-state index contributed by atoms with van der Waals surface area (Å²) in [5.74, 6) is 0. The summed E-state index contributed by atoms with van der Waals surface area (Å²) in [5.41, 5.74) is 2.36. The molecule has 0 heterocycles. The number of nitrogens with zero attached hydrogens (tertiary/aromatic N) is 1. The van der Waals surface area contributed by atoms with Crippen LogP contribution in [0.15, 0.2) is 60.7 Å². The van der Waals surface area contributed by atoms with Crippen molar-refractivity contribution >= 4 is 25.6 Å². The second kappa shape index (κ2) is 5.43. The van der Waals surface area contributed by atoms with Crippen LogP contribution < -0.4 is 0 Å².